The van der Waals surface area contributed by atoms with Crippen LogP contribution in [0.3, 0.4) is 0 Å². The van der Waals surface area contributed by atoms with E-state index in [-0.39, 0.29) is 11.7 Å². The summed E-state index contributed by atoms with van der Waals surface area (Å²) < 4.78 is 31.7. The lowest BCUT2D eigenvalue weighted by molar-refractivity contribution is 0.565. The summed E-state index contributed by atoms with van der Waals surface area (Å²) in [4.78, 5) is 0. The third-order valence-electron chi connectivity index (χ3n) is 2.76. The van der Waals surface area contributed by atoms with Crippen molar-refractivity contribution in [3.8, 4) is 0 Å². The Morgan fingerprint density at radius 1 is 1.15 bits per heavy atom. The second-order valence-electron chi connectivity index (χ2n) is 4.97. The summed E-state index contributed by atoms with van der Waals surface area (Å²) in [6.45, 7) is 9.45. The average Bonchev–Trinajstić information content (AvgIpc) is 2.25. The van der Waals surface area contributed by atoms with Crippen molar-refractivity contribution < 1.29 is 12.6 Å². The van der Waals surface area contributed by atoms with Crippen molar-refractivity contribution in [3.05, 3.63) is 12.7 Å². The van der Waals surface area contributed by atoms with Crippen LogP contribution in [-0.2, 0) is 29.9 Å². The van der Waals surface area contributed by atoms with Crippen molar-refractivity contribution in [3.63, 3.8) is 0 Å². The van der Waals surface area contributed by atoms with E-state index < -0.39 is 18.7 Å². The predicted octanol–water partition coefficient (Wildman–Crippen LogP) is 1.53. The first-order chi connectivity index (χ1) is 8.95. The molecular weight excluding hydrogens is 316 g/mol. The number of sulfonamides is 1. The van der Waals surface area contributed by atoms with Gasteiger partial charge in [-0.05, 0) is 29.4 Å². The fourth-order valence-corrected chi connectivity index (χ4v) is 4.07. The lowest BCUT2D eigenvalue weighted by Gasteiger charge is -2.11. The number of hydrogen-bond donors (Lipinski definition) is 2. The van der Waals surface area contributed by atoms with E-state index in [1.165, 1.54) is 0 Å². The lowest BCUT2D eigenvalue weighted by atomic mass is 10.1. The van der Waals surface area contributed by atoms with E-state index in [0.717, 1.165) is 19.3 Å². The van der Waals surface area contributed by atoms with Crippen LogP contribution in [0.25, 0.3) is 0 Å². The molecule has 0 rings (SSSR count). The maximum absolute atomic E-state index is 11.0. The Labute approximate surface area is 129 Å². The largest absolute Gasteiger partial charge is 0.251 e. The molecule has 3 atom stereocenters. The summed E-state index contributed by atoms with van der Waals surface area (Å²) in [5, 5.41) is 10.0. The van der Waals surface area contributed by atoms with Crippen molar-refractivity contribution >= 4 is 29.9 Å². The summed E-state index contributed by atoms with van der Waals surface area (Å²) >= 11 is 4.61. The van der Waals surface area contributed by atoms with Crippen LogP contribution in [-0.4, -0.2) is 24.1 Å². The van der Waals surface area contributed by atoms with Crippen molar-refractivity contribution in [2.45, 2.75) is 40.0 Å². The first kappa shape index (κ1) is 22.3. The Hall–Kier alpha value is -0.0200. The van der Waals surface area contributed by atoms with Gasteiger partial charge in [0.15, 0.2) is 0 Å². The van der Waals surface area contributed by atoms with E-state index in [1.54, 1.807) is 0 Å². The first-order valence-corrected chi connectivity index (χ1v) is 11.0. The number of primary sulfonamides is 1. The molecule has 4 N–H and O–H groups in total. The van der Waals surface area contributed by atoms with Crippen molar-refractivity contribution in [2.24, 2.45) is 22.1 Å². The third-order valence-corrected chi connectivity index (χ3v) is 5.14. The SMILES string of the molecule is C=CC[C@@H](CC)CS(N)(=O)=S.CC[C@@H](C)CS(N)(=O)=O. The minimum atomic E-state index is -3.24. The second-order valence-corrected chi connectivity index (χ2v) is 9.98. The lowest BCUT2D eigenvalue weighted by Crippen LogP contribution is -2.21. The molecule has 1 unspecified atom stereocenters. The van der Waals surface area contributed by atoms with E-state index in [2.05, 4.69) is 17.8 Å². The zero-order valence-corrected chi connectivity index (χ0v) is 15.0. The van der Waals surface area contributed by atoms with Crippen LogP contribution >= 0.6 is 0 Å². The standard InChI is InChI=1S/C7H15NOS2.C5H13NO2S/c1-3-5-7(4-2)6-11(8,9)10;1-3-5(2)4-9(6,7)8/h3,7H,1,4-6H2,2H3,(H2,8,9,10);5H,3-4H2,1-2H3,(H2,6,7,8)/t7-,11?;5-/m11/s1. The smallest absolute Gasteiger partial charge is 0.209 e. The van der Waals surface area contributed by atoms with Crippen molar-refractivity contribution in [2.75, 3.05) is 11.5 Å². The fraction of sp³-hybridized carbons (Fsp3) is 0.833. The summed E-state index contributed by atoms with van der Waals surface area (Å²) in [6.07, 6.45) is 4.48. The van der Waals surface area contributed by atoms with Gasteiger partial charge < -0.3 is 0 Å². The maximum atomic E-state index is 11.0. The normalized spacial score (nSPS) is 17.2. The molecule has 8 heteroatoms. The van der Waals surface area contributed by atoms with Gasteiger partial charge in [0.25, 0.3) is 0 Å². The molecule has 5 nitrogen and oxygen atoms in total. The van der Waals surface area contributed by atoms with Crippen molar-refractivity contribution in [1.29, 1.82) is 0 Å². The quantitative estimate of drug-likeness (QED) is 0.652. The highest BCUT2D eigenvalue weighted by Gasteiger charge is 2.09. The van der Waals surface area contributed by atoms with Gasteiger partial charge in [0.2, 0.25) is 10.0 Å². The molecule has 0 aliphatic carbocycles. The highest BCUT2D eigenvalue weighted by molar-refractivity contribution is 8.31. The molecule has 0 saturated carbocycles. The molecule has 20 heavy (non-hydrogen) atoms. The van der Waals surface area contributed by atoms with Crippen LogP contribution in [0.15, 0.2) is 12.7 Å². The van der Waals surface area contributed by atoms with Gasteiger partial charge in [-0.1, -0.05) is 39.7 Å². The van der Waals surface area contributed by atoms with Crippen LogP contribution in [0.4, 0.5) is 0 Å². The molecule has 0 aromatic rings. The van der Waals surface area contributed by atoms with Crippen LogP contribution in [0, 0.1) is 11.8 Å². The molecule has 0 heterocycles. The van der Waals surface area contributed by atoms with E-state index >= 15 is 0 Å². The average molecular weight is 345 g/mol. The molecule has 0 aliphatic heterocycles. The van der Waals surface area contributed by atoms with Crippen LogP contribution in [0.5, 0.6) is 0 Å². The summed E-state index contributed by atoms with van der Waals surface area (Å²) in [5.74, 6) is 1.05. The van der Waals surface area contributed by atoms with E-state index in [9.17, 15) is 12.6 Å². The van der Waals surface area contributed by atoms with Crippen LogP contribution in [0.1, 0.15) is 40.0 Å². The Balaban J connectivity index is 0. The van der Waals surface area contributed by atoms with Crippen LogP contribution < -0.4 is 10.3 Å². The molecular formula is C12H28N2O3S3. The van der Waals surface area contributed by atoms with E-state index in [0.29, 0.717) is 11.7 Å². The number of allylic oxidation sites excluding steroid dienone is 1. The van der Waals surface area contributed by atoms with Gasteiger partial charge in [0, 0.05) is 5.75 Å². The van der Waals surface area contributed by atoms with E-state index in [4.69, 9.17) is 10.3 Å². The highest BCUT2D eigenvalue weighted by atomic mass is 32.8. The molecule has 0 spiro atoms. The van der Waals surface area contributed by atoms with Crippen molar-refractivity contribution in [1.82, 2.24) is 0 Å². The highest BCUT2D eigenvalue weighted by Crippen LogP contribution is 2.10. The Morgan fingerprint density at radius 2 is 1.65 bits per heavy atom. The topological polar surface area (TPSA) is 103 Å². The Bertz CT molecular complexity index is 458. The Kier molecular flexibility index (Phi) is 11.9. The number of rotatable bonds is 8. The summed E-state index contributed by atoms with van der Waals surface area (Å²) in [7, 11) is -5.71. The third kappa shape index (κ3) is 18.0. The van der Waals surface area contributed by atoms with Gasteiger partial charge in [-0.2, -0.15) is 0 Å². The minimum absolute atomic E-state index is 0.101. The molecule has 0 amide bonds. The van der Waals surface area contributed by atoms with Gasteiger partial charge in [-0.15, -0.1) is 6.58 Å². The molecule has 0 aliphatic rings. The molecule has 122 valence electrons. The van der Waals surface area contributed by atoms with Crippen LogP contribution in [0.2, 0.25) is 0 Å². The van der Waals surface area contributed by atoms with E-state index in [1.807, 2.05) is 26.8 Å². The van der Waals surface area contributed by atoms with Gasteiger partial charge >= 0.3 is 0 Å². The molecule has 0 fully saturated rings. The van der Waals surface area contributed by atoms with Gasteiger partial charge in [0.05, 0.1) is 14.4 Å². The minimum Gasteiger partial charge on any atom is -0.251 e. The monoisotopic (exact) mass is 344 g/mol. The molecule has 0 saturated heterocycles. The number of nitrogens with two attached hydrogens (primary N) is 2. The molecule has 0 radical (unpaired) electrons. The Morgan fingerprint density at radius 3 is 1.85 bits per heavy atom. The van der Waals surface area contributed by atoms with Gasteiger partial charge in [-0.25, -0.2) is 17.8 Å². The second kappa shape index (κ2) is 10.7. The molecule has 0 aromatic carbocycles. The zero-order valence-electron chi connectivity index (χ0n) is 12.6. The molecule has 0 aromatic heterocycles. The summed E-state index contributed by atoms with van der Waals surface area (Å²) in [6, 6.07) is 0. The summed E-state index contributed by atoms with van der Waals surface area (Å²) in [5.41, 5.74) is 0. The maximum Gasteiger partial charge on any atom is 0.209 e. The first-order valence-electron chi connectivity index (χ1n) is 6.56. The zero-order chi connectivity index (χ0) is 16.4. The fourth-order valence-electron chi connectivity index (χ4n) is 1.43. The predicted molar refractivity (Wildman–Crippen MR) is 90.6 cm³/mol. The number of hydrogen-bond acceptors (Lipinski definition) is 4. The van der Waals surface area contributed by atoms with Gasteiger partial charge in [0.1, 0.15) is 0 Å². The van der Waals surface area contributed by atoms with Gasteiger partial charge in [-0.3, -0.25) is 5.14 Å². The molecule has 0 bridgehead atoms.